The number of aryl methyl sites for hydroxylation is 1. The molecule has 0 unspecified atom stereocenters. The number of thiophene rings is 1. The maximum absolute atomic E-state index is 11.4. The summed E-state index contributed by atoms with van der Waals surface area (Å²) in [4.78, 5) is 20.8. The topological polar surface area (TPSA) is 97.9 Å². The number of ether oxygens (including phenoxy) is 2. The van der Waals surface area contributed by atoms with Gasteiger partial charge >= 0.3 is 0 Å². The molecule has 2 aromatic rings. The van der Waals surface area contributed by atoms with Crippen molar-refractivity contribution in [1.82, 2.24) is 9.88 Å². The second-order valence-electron chi connectivity index (χ2n) is 9.01. The van der Waals surface area contributed by atoms with Gasteiger partial charge < -0.3 is 20.3 Å². The van der Waals surface area contributed by atoms with Crippen LogP contribution in [0.5, 0.6) is 5.75 Å². The number of morpholine rings is 1. The Labute approximate surface area is 186 Å². The number of nitrogens with two attached hydrogens (primary N) is 1. The Balaban J connectivity index is 1.31. The molecule has 5 rings (SSSR count). The number of carbonyl (C=O) groups excluding carboxylic acids is 1. The van der Waals surface area contributed by atoms with Crippen molar-refractivity contribution in [3.8, 4) is 5.75 Å². The van der Waals surface area contributed by atoms with Crippen molar-refractivity contribution in [1.29, 1.82) is 0 Å². The number of carbonyl (C=O) groups is 1. The largest absolute Gasteiger partial charge is 0.490 e. The fraction of sp³-hybridized carbons (Fsp3) is 0.652. The zero-order valence-corrected chi connectivity index (χ0v) is 18.6. The number of aliphatic hydroxyl groups is 1. The third kappa shape index (κ3) is 4.31. The summed E-state index contributed by atoms with van der Waals surface area (Å²) >= 11 is 1.71. The lowest BCUT2D eigenvalue weighted by Crippen LogP contribution is -2.46. The number of hydrogen-bond acceptors (Lipinski definition) is 7. The first-order chi connectivity index (χ1) is 15.1. The van der Waals surface area contributed by atoms with Crippen molar-refractivity contribution >= 4 is 27.5 Å². The molecule has 168 valence electrons. The van der Waals surface area contributed by atoms with Gasteiger partial charge in [-0.15, -0.1) is 11.3 Å². The zero-order chi connectivity index (χ0) is 21.4. The van der Waals surface area contributed by atoms with E-state index in [9.17, 15) is 9.90 Å². The van der Waals surface area contributed by atoms with Crippen molar-refractivity contribution in [3.63, 3.8) is 0 Å². The minimum absolute atomic E-state index is 0.120. The quantitative estimate of drug-likeness (QED) is 0.709. The average molecular weight is 446 g/mol. The molecule has 2 atom stereocenters. The Hall–Kier alpha value is -1.74. The van der Waals surface area contributed by atoms with E-state index in [-0.39, 0.29) is 12.0 Å². The molecule has 1 aliphatic heterocycles. The maximum atomic E-state index is 11.4. The molecule has 2 aliphatic carbocycles. The van der Waals surface area contributed by atoms with Crippen LogP contribution in [0.4, 0.5) is 0 Å². The summed E-state index contributed by atoms with van der Waals surface area (Å²) in [5, 5.41) is 11.1. The van der Waals surface area contributed by atoms with Crippen LogP contribution in [0.2, 0.25) is 0 Å². The molecule has 0 radical (unpaired) electrons. The number of primary amides is 1. The van der Waals surface area contributed by atoms with Gasteiger partial charge in [0.2, 0.25) is 5.91 Å². The average Bonchev–Trinajstić information content (AvgIpc) is 3.35. The molecule has 1 amide bonds. The van der Waals surface area contributed by atoms with E-state index in [1.807, 2.05) is 12.3 Å². The predicted octanol–water partition coefficient (Wildman–Crippen LogP) is 2.58. The fourth-order valence-corrected chi connectivity index (χ4v) is 6.76. The van der Waals surface area contributed by atoms with Gasteiger partial charge in [-0.25, -0.2) is 4.98 Å². The second-order valence-corrected chi connectivity index (χ2v) is 10.1. The molecule has 3 heterocycles. The molecule has 0 aromatic carbocycles. The molecule has 2 fully saturated rings. The van der Waals surface area contributed by atoms with E-state index in [1.165, 1.54) is 10.4 Å². The van der Waals surface area contributed by atoms with Crippen molar-refractivity contribution < 1.29 is 19.4 Å². The number of fused-ring (bicyclic) bond motifs is 3. The first kappa shape index (κ1) is 21.1. The summed E-state index contributed by atoms with van der Waals surface area (Å²) in [7, 11) is 0. The lowest BCUT2D eigenvalue weighted by molar-refractivity contribution is -0.126. The van der Waals surface area contributed by atoms with Gasteiger partial charge in [0.25, 0.3) is 0 Å². The van der Waals surface area contributed by atoms with Gasteiger partial charge in [-0.2, -0.15) is 0 Å². The van der Waals surface area contributed by atoms with Crippen LogP contribution in [-0.2, 0) is 16.0 Å². The zero-order valence-electron chi connectivity index (χ0n) is 17.8. The molecule has 1 saturated carbocycles. The smallest absolute Gasteiger partial charge is 0.246 e. The summed E-state index contributed by atoms with van der Waals surface area (Å²) in [5.74, 6) is 0.368. The van der Waals surface area contributed by atoms with E-state index in [1.54, 1.807) is 11.3 Å². The van der Waals surface area contributed by atoms with Crippen molar-refractivity contribution in [2.45, 2.75) is 69.1 Å². The number of hydrogen-bond donors (Lipinski definition) is 2. The highest BCUT2D eigenvalue weighted by Gasteiger charge is 2.33. The van der Waals surface area contributed by atoms with Crippen LogP contribution in [0.3, 0.4) is 0 Å². The maximum Gasteiger partial charge on any atom is 0.246 e. The van der Waals surface area contributed by atoms with Crippen LogP contribution in [0.15, 0.2) is 12.3 Å². The number of rotatable bonds is 6. The fourth-order valence-electron chi connectivity index (χ4n) is 5.50. The molecule has 31 heavy (non-hydrogen) atoms. The van der Waals surface area contributed by atoms with E-state index >= 15 is 0 Å². The van der Waals surface area contributed by atoms with Crippen LogP contribution < -0.4 is 10.5 Å². The van der Waals surface area contributed by atoms with Gasteiger partial charge in [0.05, 0.1) is 24.7 Å². The number of amides is 1. The van der Waals surface area contributed by atoms with E-state index in [0.717, 1.165) is 80.8 Å². The minimum atomic E-state index is -1.11. The van der Waals surface area contributed by atoms with Crippen molar-refractivity contribution in [2.24, 2.45) is 5.73 Å². The molecule has 3 N–H and O–H groups in total. The van der Waals surface area contributed by atoms with Gasteiger partial charge in [-0.1, -0.05) is 0 Å². The first-order valence-corrected chi connectivity index (χ1v) is 12.3. The normalized spacial score (nSPS) is 27.8. The Morgan fingerprint density at radius 2 is 2.06 bits per heavy atom. The summed E-state index contributed by atoms with van der Waals surface area (Å²) in [6.07, 6.45) is 7.63. The van der Waals surface area contributed by atoms with Gasteiger partial charge in [-0.05, 0) is 62.5 Å². The van der Waals surface area contributed by atoms with Crippen LogP contribution in [-0.4, -0.2) is 65.5 Å². The monoisotopic (exact) mass is 445 g/mol. The minimum Gasteiger partial charge on any atom is -0.490 e. The highest BCUT2D eigenvalue weighted by molar-refractivity contribution is 7.19. The summed E-state index contributed by atoms with van der Waals surface area (Å²) in [6, 6.07) is 2.62. The second kappa shape index (κ2) is 9.02. The van der Waals surface area contributed by atoms with Gasteiger partial charge in [0.1, 0.15) is 16.7 Å². The molecule has 0 spiro atoms. The van der Waals surface area contributed by atoms with E-state index < -0.39 is 12.0 Å². The molecule has 7 nitrogen and oxygen atoms in total. The van der Waals surface area contributed by atoms with Gasteiger partial charge in [0.15, 0.2) is 0 Å². The Bertz CT molecular complexity index is 934. The number of nitrogens with zero attached hydrogens (tertiary/aromatic N) is 2. The number of aliphatic hydroxyl groups excluding tert-OH is 1. The molecule has 8 heteroatoms. The van der Waals surface area contributed by atoms with Crippen molar-refractivity contribution in [2.75, 3.05) is 26.3 Å². The summed E-state index contributed by atoms with van der Waals surface area (Å²) in [5.41, 5.74) is 6.52. The predicted molar refractivity (Wildman–Crippen MR) is 120 cm³/mol. The summed E-state index contributed by atoms with van der Waals surface area (Å²) in [6.45, 7) is 3.78. The highest BCUT2D eigenvalue weighted by Crippen LogP contribution is 2.48. The van der Waals surface area contributed by atoms with Crippen molar-refractivity contribution in [3.05, 3.63) is 22.7 Å². The van der Waals surface area contributed by atoms with Crippen LogP contribution in [0.25, 0.3) is 10.2 Å². The lowest BCUT2D eigenvalue weighted by atomic mass is 9.91. The van der Waals surface area contributed by atoms with E-state index in [0.29, 0.717) is 12.5 Å². The third-order valence-electron chi connectivity index (χ3n) is 7.13. The highest BCUT2D eigenvalue weighted by atomic mass is 32.1. The van der Waals surface area contributed by atoms with E-state index in [2.05, 4.69) is 9.88 Å². The van der Waals surface area contributed by atoms with Gasteiger partial charge in [-0.3, -0.25) is 9.69 Å². The van der Waals surface area contributed by atoms with E-state index in [4.69, 9.17) is 15.2 Å². The standard InChI is InChI=1S/C23H31N3O4S/c24-22(28)17(27)13-14-1-6-19-20(14)21-18(7-8-25-23(21)31-19)30-16-4-2-15(3-5-16)26-9-11-29-12-10-26/h7-8,14-17,27H,1-6,9-13H2,(H2,24,28)/t14-,15-,16-,17-/m1/s1. The number of pyridine rings is 1. The van der Waals surface area contributed by atoms with Crippen LogP contribution in [0.1, 0.15) is 54.9 Å². The molecular formula is C23H31N3O4S. The van der Waals surface area contributed by atoms with Gasteiger partial charge in [0, 0.05) is 30.2 Å². The molecule has 3 aliphatic rings. The Morgan fingerprint density at radius 1 is 1.29 bits per heavy atom. The van der Waals surface area contributed by atoms with Crippen LogP contribution in [0, 0.1) is 0 Å². The Kier molecular flexibility index (Phi) is 6.14. The number of aromatic nitrogens is 1. The molecule has 0 bridgehead atoms. The molecule has 1 saturated heterocycles. The molecular weight excluding hydrogens is 414 g/mol. The van der Waals surface area contributed by atoms with Crippen LogP contribution >= 0.6 is 11.3 Å². The first-order valence-electron chi connectivity index (χ1n) is 11.5. The third-order valence-corrected chi connectivity index (χ3v) is 8.30. The summed E-state index contributed by atoms with van der Waals surface area (Å²) < 4.78 is 12.1. The molecule has 2 aromatic heterocycles. The lowest BCUT2D eigenvalue weighted by Gasteiger charge is -2.38. The Morgan fingerprint density at radius 3 is 2.81 bits per heavy atom. The SMILES string of the molecule is NC(=O)[C@H](O)C[C@H]1CCc2sc3nccc(O[C@H]4CC[C@H](N5CCOCC5)CC4)c3c21.